The summed E-state index contributed by atoms with van der Waals surface area (Å²) < 4.78 is 117. The molecular weight excluding hydrogens is 687 g/mol. The molecule has 0 unspecified atom stereocenters. The number of nitrogens with two attached hydrogens (primary N) is 1. The molecule has 5 N–H and O–H groups in total. The van der Waals surface area contributed by atoms with Gasteiger partial charge < -0.3 is 10.8 Å². The lowest BCUT2D eigenvalue weighted by atomic mass is 10.1. The number of benzene rings is 4. The van der Waals surface area contributed by atoms with Crippen molar-refractivity contribution >= 4 is 79.1 Å². The topological polar surface area (TPSA) is 273 Å². The Hall–Kier alpha value is -4.34. The van der Waals surface area contributed by atoms with Crippen LogP contribution in [0.15, 0.2) is 101 Å². The van der Waals surface area contributed by atoms with E-state index >= 15 is 0 Å². The number of hydrogen-bond donors (Lipinski definition) is 4. The molecule has 0 radical (unpaired) electrons. The molecule has 0 saturated heterocycles. The number of phenols is 1. The van der Waals surface area contributed by atoms with Gasteiger partial charge in [-0.2, -0.15) is 27.1 Å². The van der Waals surface area contributed by atoms with Crippen molar-refractivity contribution in [1.82, 2.24) is 0 Å². The highest BCUT2D eigenvalue weighted by molar-refractivity contribution is 7.91. The summed E-state index contributed by atoms with van der Waals surface area (Å²) in [5, 5.41) is 25.6. The Morgan fingerprint density at radius 1 is 0.609 bits per heavy atom. The summed E-state index contributed by atoms with van der Waals surface area (Å²) in [6.45, 7) is 2.92. The van der Waals surface area contributed by atoms with Gasteiger partial charge in [0.15, 0.2) is 25.4 Å². The van der Waals surface area contributed by atoms with E-state index in [-0.39, 0.29) is 38.1 Å². The van der Waals surface area contributed by atoms with E-state index in [1.54, 1.807) is 0 Å². The maximum Gasteiger partial charge on any atom is 0.296 e. The molecule has 0 bridgehead atoms. The number of sulfone groups is 2. The van der Waals surface area contributed by atoms with Crippen molar-refractivity contribution in [3.05, 3.63) is 60.7 Å². The molecule has 0 spiro atoms. The van der Waals surface area contributed by atoms with Crippen LogP contribution in [0, 0.1) is 0 Å². The van der Waals surface area contributed by atoms with Gasteiger partial charge in [0.25, 0.3) is 20.2 Å². The number of anilines is 1. The number of fused-ring (bicyclic) bond motifs is 1. The highest BCUT2D eigenvalue weighted by Crippen LogP contribution is 2.48. The molecule has 4 aromatic carbocycles. The quantitative estimate of drug-likeness (QED) is 0.0957. The zero-order chi connectivity index (χ0) is 34.2. The molecule has 244 valence electrons. The molecule has 0 aliphatic rings. The first kappa shape index (κ1) is 34.5. The Morgan fingerprint density at radius 3 is 1.35 bits per heavy atom. The molecule has 0 aliphatic heterocycles. The van der Waals surface area contributed by atoms with E-state index < -0.39 is 77.9 Å². The first-order valence-corrected chi connectivity index (χ1v) is 19.0. The van der Waals surface area contributed by atoms with Crippen molar-refractivity contribution in [2.24, 2.45) is 20.5 Å². The number of nitrogens with zero attached hydrogens (tertiary/aromatic N) is 4. The fourth-order valence-corrected chi connectivity index (χ4v) is 7.19. The van der Waals surface area contributed by atoms with Crippen LogP contribution >= 0.6 is 0 Å². The van der Waals surface area contributed by atoms with E-state index in [0.717, 1.165) is 12.1 Å². The smallest absolute Gasteiger partial charge is 0.296 e. The molecule has 0 saturated carbocycles. The average Bonchev–Trinajstić information content (AvgIpc) is 2.99. The van der Waals surface area contributed by atoms with Crippen molar-refractivity contribution < 1.29 is 47.9 Å². The zero-order valence-corrected chi connectivity index (χ0v) is 27.1. The predicted octanol–water partition coefficient (Wildman–Crippen LogP) is 5.04. The number of hydrogen-bond acceptors (Lipinski definition) is 14. The van der Waals surface area contributed by atoms with Crippen molar-refractivity contribution in [2.75, 3.05) is 17.2 Å². The van der Waals surface area contributed by atoms with Crippen LogP contribution in [0.1, 0.15) is 13.8 Å². The minimum absolute atomic E-state index is 0.000912. The van der Waals surface area contributed by atoms with E-state index in [0.29, 0.717) is 0 Å². The summed E-state index contributed by atoms with van der Waals surface area (Å²) in [5.74, 6) is -1.29. The molecule has 4 aromatic rings. The van der Waals surface area contributed by atoms with Crippen LogP contribution in [0.25, 0.3) is 10.8 Å². The third kappa shape index (κ3) is 7.06. The van der Waals surface area contributed by atoms with E-state index in [9.17, 15) is 47.9 Å². The van der Waals surface area contributed by atoms with Gasteiger partial charge in [-0.3, -0.25) is 9.11 Å². The zero-order valence-electron chi connectivity index (χ0n) is 23.8. The van der Waals surface area contributed by atoms with Crippen LogP contribution in [0.2, 0.25) is 0 Å². The largest absolute Gasteiger partial charge is 0.505 e. The SMILES string of the molecule is CCS(=O)(=O)c1ccc(N=Nc2c(S(=O)(=O)O)cc3cc(S(=O)(=O)O)c(N=Nc4ccc(S(=O)(=O)CC)cc4)c(O)c3c2N)cc1. The lowest BCUT2D eigenvalue weighted by molar-refractivity contribution is 0.472. The van der Waals surface area contributed by atoms with Gasteiger partial charge in [0.05, 0.1) is 43.7 Å². The number of phenolic OH excluding ortho intramolecular Hbond substituents is 1. The molecular formula is C26H25N5O11S4. The molecule has 4 rings (SSSR count). The second-order valence-electron chi connectivity index (χ2n) is 9.45. The summed E-state index contributed by atoms with van der Waals surface area (Å²) in [6, 6.07) is 11.5. The Kier molecular flexibility index (Phi) is 9.35. The van der Waals surface area contributed by atoms with E-state index in [1.165, 1.54) is 62.4 Å². The standard InChI is InChI=1S/C26H25N5O11S4/c1-3-43(33,34)18-9-5-16(6-10-18)28-30-24-20(45(37,38)39)13-15-14-21(46(40,41)42)25(26(32)22(15)23(24)27)31-29-17-7-11-19(12-8-17)44(35,36)4-2/h5-14,32H,3-4,27H2,1-2H3,(H,37,38,39)(H,40,41,42). The molecule has 16 nitrogen and oxygen atoms in total. The fraction of sp³-hybridized carbons (Fsp3) is 0.154. The van der Waals surface area contributed by atoms with E-state index in [1.807, 2.05) is 0 Å². The van der Waals surface area contributed by atoms with E-state index in [2.05, 4.69) is 20.5 Å². The summed E-state index contributed by atoms with van der Waals surface area (Å²) in [7, 11) is -17.3. The van der Waals surface area contributed by atoms with Crippen LogP contribution in [0.4, 0.5) is 28.4 Å². The molecule has 0 atom stereocenters. The molecule has 0 aliphatic carbocycles. The molecule has 0 heterocycles. The van der Waals surface area contributed by atoms with Crippen LogP contribution in [-0.2, 0) is 39.9 Å². The summed E-state index contributed by atoms with van der Waals surface area (Å²) in [6.07, 6.45) is 0. The Morgan fingerprint density at radius 2 is 0.978 bits per heavy atom. The first-order chi connectivity index (χ1) is 21.3. The third-order valence-corrected chi connectivity index (χ3v) is 11.8. The normalized spacial score (nSPS) is 13.2. The van der Waals surface area contributed by atoms with Crippen molar-refractivity contribution in [3.8, 4) is 5.75 Å². The van der Waals surface area contributed by atoms with Crippen LogP contribution in [0.5, 0.6) is 5.75 Å². The molecule has 20 heteroatoms. The number of nitrogen functional groups attached to an aromatic ring is 1. The Balaban J connectivity index is 1.92. The Labute approximate surface area is 263 Å². The minimum atomic E-state index is -5.15. The second kappa shape index (κ2) is 12.5. The van der Waals surface area contributed by atoms with Gasteiger partial charge in [-0.1, -0.05) is 13.8 Å². The fourth-order valence-electron chi connectivity index (χ4n) is 4.09. The van der Waals surface area contributed by atoms with Gasteiger partial charge in [-0.25, -0.2) is 16.8 Å². The van der Waals surface area contributed by atoms with Gasteiger partial charge in [-0.05, 0) is 66.0 Å². The molecule has 0 fully saturated rings. The van der Waals surface area contributed by atoms with Gasteiger partial charge in [0.1, 0.15) is 21.2 Å². The monoisotopic (exact) mass is 711 g/mol. The van der Waals surface area contributed by atoms with Crippen LogP contribution in [-0.4, -0.2) is 59.4 Å². The maximum absolute atomic E-state index is 12.3. The molecule has 46 heavy (non-hydrogen) atoms. The van der Waals surface area contributed by atoms with E-state index in [4.69, 9.17) is 5.73 Å². The lowest BCUT2D eigenvalue weighted by Gasteiger charge is -2.14. The summed E-state index contributed by atoms with van der Waals surface area (Å²) >= 11 is 0. The number of rotatable bonds is 10. The van der Waals surface area contributed by atoms with Crippen LogP contribution < -0.4 is 5.73 Å². The average molecular weight is 712 g/mol. The maximum atomic E-state index is 12.3. The van der Waals surface area contributed by atoms with Crippen molar-refractivity contribution in [3.63, 3.8) is 0 Å². The molecule has 0 amide bonds. The van der Waals surface area contributed by atoms with Crippen molar-refractivity contribution in [1.29, 1.82) is 0 Å². The highest BCUT2D eigenvalue weighted by Gasteiger charge is 2.28. The van der Waals surface area contributed by atoms with Crippen LogP contribution in [0.3, 0.4) is 0 Å². The summed E-state index contributed by atoms with van der Waals surface area (Å²) in [4.78, 5) is -1.96. The summed E-state index contributed by atoms with van der Waals surface area (Å²) in [5.41, 5.74) is 4.15. The Bertz CT molecular complexity index is 2190. The van der Waals surface area contributed by atoms with Crippen molar-refractivity contribution in [2.45, 2.75) is 33.4 Å². The number of azo groups is 2. The lowest BCUT2D eigenvalue weighted by Crippen LogP contribution is -2.04. The molecule has 0 aromatic heterocycles. The third-order valence-electron chi connectivity index (χ3n) is 6.55. The van der Waals surface area contributed by atoms with Gasteiger partial charge in [-0.15, -0.1) is 10.2 Å². The predicted molar refractivity (Wildman–Crippen MR) is 166 cm³/mol. The second-order valence-corrected chi connectivity index (χ2v) is 16.8. The van der Waals surface area contributed by atoms with Gasteiger partial charge in [0.2, 0.25) is 0 Å². The minimum Gasteiger partial charge on any atom is -0.505 e. The first-order valence-electron chi connectivity index (χ1n) is 12.9. The van der Waals surface area contributed by atoms with Gasteiger partial charge >= 0.3 is 0 Å². The highest BCUT2D eigenvalue weighted by atomic mass is 32.2. The van der Waals surface area contributed by atoms with Gasteiger partial charge in [0, 0.05) is 0 Å². The number of aromatic hydroxyl groups is 1.